The number of fused-ring (bicyclic) bond motifs is 2. The first-order chi connectivity index (χ1) is 15.1. The summed E-state index contributed by atoms with van der Waals surface area (Å²) in [6, 6.07) is 17.1. The lowest BCUT2D eigenvalue weighted by molar-refractivity contribution is 0.819. The molecule has 0 N–H and O–H groups in total. The zero-order valence-electron chi connectivity index (χ0n) is 18.5. The minimum Gasteiger partial charge on any atom is -0.366 e. The predicted molar refractivity (Wildman–Crippen MR) is 130 cm³/mol. The number of amidine groups is 1. The number of aliphatic imine (C=N–C) groups is 1. The third-order valence-corrected chi connectivity index (χ3v) is 6.12. The smallest absolute Gasteiger partial charge is 0.352 e. The summed E-state index contributed by atoms with van der Waals surface area (Å²) in [4.78, 5) is 7.26. The largest absolute Gasteiger partial charge is 0.366 e. The second-order valence-corrected chi connectivity index (χ2v) is 8.80. The van der Waals surface area contributed by atoms with Gasteiger partial charge in [0.15, 0.2) is 0 Å². The molecule has 4 nitrogen and oxygen atoms in total. The molecule has 0 radical (unpaired) electrons. The van der Waals surface area contributed by atoms with E-state index >= 15 is 0 Å². The lowest BCUT2D eigenvalue weighted by Gasteiger charge is -2.36. The van der Waals surface area contributed by atoms with Gasteiger partial charge in [-0.25, -0.2) is 9.67 Å². The highest BCUT2D eigenvalue weighted by Gasteiger charge is 2.41. The van der Waals surface area contributed by atoms with Gasteiger partial charge in [0.05, 0.1) is 17.5 Å². The summed E-state index contributed by atoms with van der Waals surface area (Å²) < 4.78 is 2.06. The zero-order chi connectivity index (χ0) is 21.5. The number of benzene rings is 2. The van der Waals surface area contributed by atoms with Gasteiger partial charge in [-0.05, 0) is 58.9 Å². The highest BCUT2D eigenvalue weighted by atomic mass is 15.3. The van der Waals surface area contributed by atoms with Crippen LogP contribution in [0.1, 0.15) is 50.7 Å². The molecule has 0 saturated heterocycles. The summed E-state index contributed by atoms with van der Waals surface area (Å²) in [5.74, 6) is 1.79. The Hall–Kier alpha value is -3.34. The summed E-state index contributed by atoms with van der Waals surface area (Å²) in [5.41, 5.74) is 7.24. The fraction of sp³-hybridized carbons (Fsp3) is 0.231. The maximum Gasteiger partial charge on any atom is 0.352 e. The average Bonchev–Trinajstić information content (AvgIpc) is 3.21. The molecule has 3 aromatic rings. The summed E-state index contributed by atoms with van der Waals surface area (Å²) >= 11 is 0. The number of allylic oxidation sites excluding steroid dienone is 2. The van der Waals surface area contributed by atoms with Gasteiger partial charge < -0.3 is 4.81 Å². The van der Waals surface area contributed by atoms with Crippen molar-refractivity contribution in [1.82, 2.24) is 14.6 Å². The Morgan fingerprint density at radius 2 is 1.55 bits per heavy atom. The van der Waals surface area contributed by atoms with Crippen LogP contribution in [0.15, 0.2) is 84.1 Å². The third kappa shape index (κ3) is 3.25. The van der Waals surface area contributed by atoms with Crippen LogP contribution in [-0.2, 0) is 0 Å². The number of hydrogen-bond acceptors (Lipinski definition) is 3. The average molecular weight is 406 g/mol. The summed E-state index contributed by atoms with van der Waals surface area (Å²) in [7, 11) is 0. The van der Waals surface area contributed by atoms with Crippen molar-refractivity contribution in [1.29, 1.82) is 0 Å². The Morgan fingerprint density at radius 1 is 0.839 bits per heavy atom. The Morgan fingerprint density at radius 3 is 2.23 bits per heavy atom. The second kappa shape index (κ2) is 7.73. The van der Waals surface area contributed by atoms with Gasteiger partial charge in [0.25, 0.3) is 0 Å². The molecule has 0 amide bonds. The van der Waals surface area contributed by atoms with Crippen molar-refractivity contribution in [2.45, 2.75) is 39.5 Å². The van der Waals surface area contributed by atoms with Crippen LogP contribution in [0.5, 0.6) is 0 Å². The van der Waals surface area contributed by atoms with E-state index < -0.39 is 0 Å². The molecule has 2 aliphatic heterocycles. The summed E-state index contributed by atoms with van der Waals surface area (Å²) in [6.45, 7) is 9.12. The Bertz CT molecular complexity index is 1180. The van der Waals surface area contributed by atoms with Gasteiger partial charge in [-0.2, -0.15) is 5.10 Å². The van der Waals surface area contributed by atoms with Gasteiger partial charge in [-0.3, -0.25) is 0 Å². The lowest BCUT2D eigenvalue weighted by Crippen LogP contribution is -2.62. The lowest BCUT2D eigenvalue weighted by atomic mass is 9.46. The highest BCUT2D eigenvalue weighted by Crippen LogP contribution is 2.27. The molecule has 2 aromatic carbocycles. The van der Waals surface area contributed by atoms with Gasteiger partial charge >= 0.3 is 6.85 Å². The van der Waals surface area contributed by atoms with Crippen LogP contribution >= 0.6 is 0 Å². The molecule has 154 valence electrons. The first-order valence-electron chi connectivity index (χ1n) is 11.0. The maximum absolute atomic E-state index is 4.96. The normalized spacial score (nSPS) is 14.8. The first-order valence-corrected chi connectivity index (χ1v) is 11.0. The minimum absolute atomic E-state index is 0.00223. The molecule has 2 aliphatic rings. The number of aromatic nitrogens is 2. The summed E-state index contributed by atoms with van der Waals surface area (Å²) in [6.07, 6.45) is 10.3. The quantitative estimate of drug-likeness (QED) is 0.591. The SMILES string of the molecule is CC(C)c1cccc(C(C)C)c1B1c2c(cnn2-c2ccccc2)N=C2C=CC=CN12. The molecule has 0 saturated carbocycles. The molecule has 31 heavy (non-hydrogen) atoms. The topological polar surface area (TPSA) is 33.4 Å². The van der Waals surface area contributed by atoms with Crippen LogP contribution in [0.2, 0.25) is 0 Å². The standard InChI is InChI=1S/C26H27BN4/c1-18(2)21-13-10-14-22(19(3)4)25(21)27-26-23(29-24-15-8-9-16-30(24)27)17-28-31(26)20-11-6-5-7-12-20/h5-19H,1-4H3. The van der Waals surface area contributed by atoms with E-state index in [2.05, 4.69) is 104 Å². The van der Waals surface area contributed by atoms with Crippen LogP contribution in [0.25, 0.3) is 5.69 Å². The van der Waals surface area contributed by atoms with Crippen molar-refractivity contribution in [2.75, 3.05) is 0 Å². The van der Waals surface area contributed by atoms with Crippen LogP contribution in [0, 0.1) is 0 Å². The van der Waals surface area contributed by atoms with Gasteiger partial charge in [-0.1, -0.05) is 70.2 Å². The van der Waals surface area contributed by atoms with E-state index in [0.29, 0.717) is 11.8 Å². The van der Waals surface area contributed by atoms with Crippen LogP contribution in [0.3, 0.4) is 0 Å². The Balaban J connectivity index is 1.83. The van der Waals surface area contributed by atoms with Crippen LogP contribution in [0.4, 0.5) is 5.69 Å². The zero-order valence-corrected chi connectivity index (χ0v) is 18.5. The third-order valence-electron chi connectivity index (χ3n) is 6.12. The predicted octanol–water partition coefficient (Wildman–Crippen LogP) is 4.65. The van der Waals surface area contributed by atoms with Gasteiger partial charge in [0, 0.05) is 0 Å². The van der Waals surface area contributed by atoms with Crippen molar-refractivity contribution < 1.29 is 0 Å². The number of nitrogens with zero attached hydrogens (tertiary/aromatic N) is 4. The van der Waals surface area contributed by atoms with E-state index in [1.165, 1.54) is 16.6 Å². The molecule has 0 aliphatic carbocycles. The van der Waals surface area contributed by atoms with Crippen LogP contribution in [-0.4, -0.2) is 27.3 Å². The van der Waals surface area contributed by atoms with E-state index in [1.807, 2.05) is 12.3 Å². The molecule has 0 atom stereocenters. The van der Waals surface area contributed by atoms with Crippen molar-refractivity contribution in [3.8, 4) is 5.69 Å². The molecular weight excluding hydrogens is 379 g/mol. The minimum atomic E-state index is 0.00223. The highest BCUT2D eigenvalue weighted by molar-refractivity contribution is 6.86. The van der Waals surface area contributed by atoms with E-state index in [9.17, 15) is 0 Å². The van der Waals surface area contributed by atoms with Crippen molar-refractivity contribution in [2.24, 2.45) is 4.99 Å². The number of hydrogen-bond donors (Lipinski definition) is 0. The van der Waals surface area contributed by atoms with E-state index in [0.717, 1.165) is 22.8 Å². The Labute approximate surface area is 184 Å². The van der Waals surface area contributed by atoms with Crippen molar-refractivity contribution in [3.63, 3.8) is 0 Å². The molecule has 5 rings (SSSR count). The van der Waals surface area contributed by atoms with Crippen molar-refractivity contribution in [3.05, 3.63) is 90.3 Å². The molecule has 0 bridgehead atoms. The van der Waals surface area contributed by atoms with Crippen molar-refractivity contribution >= 4 is 29.4 Å². The second-order valence-electron chi connectivity index (χ2n) is 8.80. The Kier molecular flexibility index (Phi) is 4.89. The molecule has 1 aromatic heterocycles. The van der Waals surface area contributed by atoms with E-state index in [4.69, 9.17) is 10.1 Å². The fourth-order valence-corrected chi connectivity index (χ4v) is 4.68. The molecule has 0 unspecified atom stereocenters. The van der Waals surface area contributed by atoms with Gasteiger partial charge in [-0.15, -0.1) is 0 Å². The van der Waals surface area contributed by atoms with Crippen LogP contribution < -0.4 is 11.1 Å². The maximum atomic E-state index is 4.96. The fourth-order valence-electron chi connectivity index (χ4n) is 4.68. The molecule has 0 spiro atoms. The van der Waals surface area contributed by atoms with Gasteiger partial charge in [0.1, 0.15) is 11.5 Å². The van der Waals surface area contributed by atoms with E-state index in [-0.39, 0.29) is 6.85 Å². The molecule has 3 heterocycles. The molecular formula is C26H27BN4. The molecule has 0 fully saturated rings. The number of rotatable bonds is 4. The van der Waals surface area contributed by atoms with E-state index in [1.54, 1.807) is 0 Å². The monoisotopic (exact) mass is 406 g/mol. The number of para-hydroxylation sites is 1. The summed E-state index contributed by atoms with van der Waals surface area (Å²) in [5, 5.41) is 4.79. The van der Waals surface area contributed by atoms with Gasteiger partial charge in [0.2, 0.25) is 0 Å². The first kappa shape index (κ1) is 19.6. The molecule has 5 heteroatoms.